The molecule has 0 aromatic heterocycles. The van der Waals surface area contributed by atoms with Gasteiger partial charge in [0.2, 0.25) is 0 Å². The maximum absolute atomic E-state index is 4.10. The third-order valence-electron chi connectivity index (χ3n) is 1.97. The Labute approximate surface area is 103 Å². The molecule has 0 unspecified atom stereocenters. The SMILES string of the molecule is C=C1C[C](=[V])N[C](=[V])C/C1=C/C=C\C. The van der Waals surface area contributed by atoms with E-state index in [2.05, 4.69) is 58.0 Å². The molecule has 0 bridgehead atoms. The van der Waals surface area contributed by atoms with Crippen molar-refractivity contribution in [2.45, 2.75) is 19.8 Å². The molecule has 1 N–H and O–H groups in total. The van der Waals surface area contributed by atoms with Gasteiger partial charge in [-0.05, 0) is 0 Å². The minimum absolute atomic E-state index is 0.921. The van der Waals surface area contributed by atoms with Gasteiger partial charge in [-0.3, -0.25) is 0 Å². The zero-order valence-corrected chi connectivity index (χ0v) is 11.0. The van der Waals surface area contributed by atoms with Crippen LogP contribution in [-0.4, -0.2) is 8.70 Å². The first-order chi connectivity index (χ1) is 6.63. The van der Waals surface area contributed by atoms with Gasteiger partial charge in [0.25, 0.3) is 0 Å². The van der Waals surface area contributed by atoms with E-state index in [1.807, 2.05) is 13.0 Å². The van der Waals surface area contributed by atoms with Crippen LogP contribution in [-0.2, 0) is 34.0 Å². The van der Waals surface area contributed by atoms with Crippen LogP contribution < -0.4 is 5.32 Å². The predicted molar refractivity (Wildman–Crippen MR) is 54.4 cm³/mol. The molecule has 72 valence electrons. The van der Waals surface area contributed by atoms with Crippen molar-refractivity contribution in [3.8, 4) is 0 Å². The molecule has 14 heavy (non-hydrogen) atoms. The standard InChI is InChI=1S/C11H13N.2V/c1-3-4-5-11-7-9-12-8-6-10(11)2;;/h3-5,12H,2,6-7H2,1H3;;/b4-3-,11-5-;;. The van der Waals surface area contributed by atoms with Crippen LogP contribution in [0, 0.1) is 0 Å². The maximum atomic E-state index is 4.10. The van der Waals surface area contributed by atoms with Gasteiger partial charge in [-0.25, -0.2) is 0 Å². The molecule has 0 amide bonds. The van der Waals surface area contributed by atoms with Crippen molar-refractivity contribution in [3.63, 3.8) is 0 Å². The first-order valence-electron chi connectivity index (χ1n) is 4.50. The molecule has 1 saturated heterocycles. The van der Waals surface area contributed by atoms with Crippen molar-refractivity contribution >= 4 is 8.70 Å². The van der Waals surface area contributed by atoms with Crippen LogP contribution in [0.25, 0.3) is 0 Å². The zero-order valence-electron chi connectivity index (χ0n) is 8.25. The third-order valence-corrected chi connectivity index (χ3v) is 2.81. The van der Waals surface area contributed by atoms with Crippen LogP contribution in [0.1, 0.15) is 19.8 Å². The first kappa shape index (κ1) is 12.2. The number of hydrogen-bond donors (Lipinski definition) is 1. The van der Waals surface area contributed by atoms with Gasteiger partial charge in [0.1, 0.15) is 0 Å². The summed E-state index contributed by atoms with van der Waals surface area (Å²) in [7, 11) is 0. The van der Waals surface area contributed by atoms with E-state index < -0.39 is 0 Å². The van der Waals surface area contributed by atoms with Crippen molar-refractivity contribution in [2.24, 2.45) is 0 Å². The average molecular weight is 261 g/mol. The van der Waals surface area contributed by atoms with Gasteiger partial charge in [0, 0.05) is 0 Å². The Morgan fingerprint density at radius 3 is 2.57 bits per heavy atom. The summed E-state index contributed by atoms with van der Waals surface area (Å²) < 4.78 is 2.43. The van der Waals surface area contributed by atoms with Gasteiger partial charge in [-0.2, -0.15) is 0 Å². The van der Waals surface area contributed by atoms with Crippen LogP contribution >= 0.6 is 0 Å². The number of nitrogens with one attached hydrogen (secondary N) is 1. The molecule has 1 heterocycles. The molecule has 0 saturated carbocycles. The quantitative estimate of drug-likeness (QED) is 0.758. The molecule has 0 aromatic rings. The molecule has 3 heteroatoms. The average Bonchev–Trinajstić information content (AvgIpc) is 2.21. The molecule has 1 nitrogen and oxygen atoms in total. The summed E-state index contributed by atoms with van der Waals surface area (Å²) in [6.07, 6.45) is 8.11. The van der Waals surface area contributed by atoms with Crippen LogP contribution in [0.2, 0.25) is 0 Å². The molecule has 0 aromatic carbocycles. The molecule has 0 aliphatic carbocycles. The second-order valence-corrected chi connectivity index (χ2v) is 4.88. The summed E-state index contributed by atoms with van der Waals surface area (Å²) in [6.45, 7) is 6.12. The Kier molecular flexibility index (Phi) is 5.08. The first-order valence-corrected chi connectivity index (χ1v) is 5.89. The van der Waals surface area contributed by atoms with Gasteiger partial charge in [-0.1, -0.05) is 0 Å². The third kappa shape index (κ3) is 3.68. The molecule has 1 aliphatic rings. The zero-order chi connectivity index (χ0) is 10.6. The van der Waals surface area contributed by atoms with Gasteiger partial charge >= 0.3 is 104 Å². The molecular formula is C11H13NV2. The fourth-order valence-corrected chi connectivity index (χ4v) is 2.48. The summed E-state index contributed by atoms with van der Waals surface area (Å²) in [6, 6.07) is 0. The van der Waals surface area contributed by atoms with Gasteiger partial charge < -0.3 is 0 Å². The van der Waals surface area contributed by atoms with E-state index in [-0.39, 0.29) is 0 Å². The number of allylic oxidation sites excluding steroid dienone is 3. The van der Waals surface area contributed by atoms with Crippen LogP contribution in [0.5, 0.6) is 0 Å². The molecule has 1 fully saturated rings. The van der Waals surface area contributed by atoms with Crippen molar-refractivity contribution in [2.75, 3.05) is 0 Å². The van der Waals surface area contributed by atoms with Crippen LogP contribution in [0.15, 0.2) is 36.0 Å². The van der Waals surface area contributed by atoms with Crippen molar-refractivity contribution in [3.05, 3.63) is 36.0 Å². The van der Waals surface area contributed by atoms with E-state index in [9.17, 15) is 0 Å². The molecule has 0 radical (unpaired) electrons. The summed E-state index contributed by atoms with van der Waals surface area (Å²) in [5.41, 5.74) is 2.51. The van der Waals surface area contributed by atoms with Crippen molar-refractivity contribution < 1.29 is 34.0 Å². The molecule has 1 rings (SSSR count). The van der Waals surface area contributed by atoms with E-state index in [1.165, 1.54) is 19.8 Å². The van der Waals surface area contributed by atoms with Crippen LogP contribution in [0.3, 0.4) is 0 Å². The number of hydrogen-bond acceptors (Lipinski definition) is 1. The van der Waals surface area contributed by atoms with E-state index in [0.29, 0.717) is 0 Å². The van der Waals surface area contributed by atoms with Crippen molar-refractivity contribution in [1.29, 1.82) is 0 Å². The summed E-state index contributed by atoms with van der Waals surface area (Å²) in [5.74, 6) is 0. The Morgan fingerprint density at radius 2 is 1.93 bits per heavy atom. The minimum atomic E-state index is 0.921. The Balaban J connectivity index is 2.89. The molecular weight excluding hydrogens is 248 g/mol. The monoisotopic (exact) mass is 261 g/mol. The van der Waals surface area contributed by atoms with Crippen molar-refractivity contribution in [1.82, 2.24) is 5.32 Å². The van der Waals surface area contributed by atoms with E-state index in [1.54, 1.807) is 0 Å². The Morgan fingerprint density at radius 1 is 1.29 bits per heavy atom. The molecule has 0 atom stereocenters. The molecule has 0 spiro atoms. The normalized spacial score (nSPS) is 21.9. The summed E-state index contributed by atoms with van der Waals surface area (Å²) >= 11 is 5.15. The second-order valence-electron chi connectivity index (χ2n) is 3.19. The second kappa shape index (κ2) is 5.85. The van der Waals surface area contributed by atoms with Crippen LogP contribution in [0.4, 0.5) is 0 Å². The Hall–Kier alpha value is 0.0888. The summed E-state index contributed by atoms with van der Waals surface area (Å²) in [4.78, 5) is 0. The fourth-order valence-electron chi connectivity index (χ4n) is 1.27. The van der Waals surface area contributed by atoms with Gasteiger partial charge in [-0.15, -0.1) is 0 Å². The van der Waals surface area contributed by atoms with E-state index >= 15 is 0 Å². The Bertz CT molecular complexity index is 337. The number of rotatable bonds is 1. The van der Waals surface area contributed by atoms with Gasteiger partial charge in [0.15, 0.2) is 0 Å². The van der Waals surface area contributed by atoms with E-state index in [4.69, 9.17) is 0 Å². The fraction of sp³-hybridized carbons (Fsp3) is 0.273. The predicted octanol–water partition coefficient (Wildman–Crippen LogP) is 1.78. The molecule has 1 aliphatic heterocycles. The summed E-state index contributed by atoms with van der Waals surface area (Å²) in [5, 5.41) is 3.33. The van der Waals surface area contributed by atoms with E-state index in [0.717, 1.165) is 12.8 Å². The van der Waals surface area contributed by atoms with Gasteiger partial charge in [0.05, 0.1) is 0 Å². The topological polar surface area (TPSA) is 12.0 Å².